The molecule has 7 rings (SSSR count). The molecule has 0 unspecified atom stereocenters. The molecule has 0 aliphatic carbocycles. The average Bonchev–Trinajstić information content (AvgIpc) is 3.57. The summed E-state index contributed by atoms with van der Waals surface area (Å²) in [6, 6.07) is 39.0. The number of anilines is 3. The summed E-state index contributed by atoms with van der Waals surface area (Å²) in [6.07, 6.45) is 1.58. The Labute approximate surface area is 268 Å². The second kappa shape index (κ2) is 10.9. The van der Waals surface area contributed by atoms with Gasteiger partial charge >= 0.3 is 21.1 Å². The summed E-state index contributed by atoms with van der Waals surface area (Å²) in [6.45, 7) is 7.73. The molecule has 0 fully saturated rings. The van der Waals surface area contributed by atoms with Gasteiger partial charge in [0.2, 0.25) is 0 Å². The maximum Gasteiger partial charge on any atom is 2.00 e. The van der Waals surface area contributed by atoms with Crippen molar-refractivity contribution in [3.8, 4) is 5.82 Å². The molecule has 0 spiro atoms. The molecular formula is C36H34N4PtSi. The molecule has 42 heavy (non-hydrogen) atoms. The Hall–Kier alpha value is -3.66. The topological polar surface area (TPSA) is 24.3 Å². The van der Waals surface area contributed by atoms with E-state index in [0.29, 0.717) is 11.9 Å². The van der Waals surface area contributed by atoms with Crippen LogP contribution >= 0.6 is 0 Å². The summed E-state index contributed by atoms with van der Waals surface area (Å²) in [4.78, 5) is 9.41. The first-order valence-electron chi connectivity index (χ1n) is 15.6. The molecule has 4 nitrogen and oxygen atoms in total. The van der Waals surface area contributed by atoms with E-state index in [0.717, 1.165) is 39.3 Å². The van der Waals surface area contributed by atoms with Gasteiger partial charge in [-0.15, -0.1) is 11.5 Å². The molecule has 0 saturated heterocycles. The average molecular weight is 749 g/mol. The van der Waals surface area contributed by atoms with Crippen LogP contribution in [0.1, 0.15) is 23.5 Å². The van der Waals surface area contributed by atoms with Gasteiger partial charge in [-0.1, -0.05) is 54.6 Å². The Balaban J connectivity index is 0.00000357. The molecule has 212 valence electrons. The van der Waals surface area contributed by atoms with Gasteiger partial charge in [0.15, 0.2) is 0 Å². The van der Waals surface area contributed by atoms with E-state index >= 15 is 0 Å². The number of aromatic nitrogens is 2. The third kappa shape index (κ3) is 4.60. The first kappa shape index (κ1) is 24.9. The predicted octanol–water partition coefficient (Wildman–Crippen LogP) is 7.23. The first-order valence-corrected chi connectivity index (χ1v) is 17.1. The van der Waals surface area contributed by atoms with Crippen molar-refractivity contribution in [3.63, 3.8) is 0 Å². The van der Waals surface area contributed by atoms with E-state index in [1.54, 1.807) is 18.3 Å². The molecule has 0 atom stereocenters. The molecule has 0 radical (unpaired) electrons. The van der Waals surface area contributed by atoms with Crippen LogP contribution < -0.4 is 20.2 Å². The van der Waals surface area contributed by atoms with E-state index < -0.39 is 14.9 Å². The number of aryl methyl sites for hydroxylation is 1. The molecule has 1 aliphatic rings. The van der Waals surface area contributed by atoms with E-state index in [1.807, 2.05) is 12.1 Å². The summed E-state index contributed by atoms with van der Waals surface area (Å²) in [5.74, 6) is 0.577. The smallest absolute Gasteiger partial charge is 0.349 e. The Morgan fingerprint density at radius 3 is 2.40 bits per heavy atom. The Morgan fingerprint density at radius 2 is 1.60 bits per heavy atom. The van der Waals surface area contributed by atoms with Crippen molar-refractivity contribution in [3.05, 3.63) is 115 Å². The Bertz CT molecular complexity index is 2040. The number of pyridine rings is 1. The van der Waals surface area contributed by atoms with E-state index in [2.05, 4.69) is 125 Å². The molecule has 4 aromatic carbocycles. The summed E-state index contributed by atoms with van der Waals surface area (Å²) in [5.41, 5.74) is 5.67. The first-order chi connectivity index (χ1) is 21.0. The van der Waals surface area contributed by atoms with E-state index in [-0.39, 0.29) is 26.6 Å². The van der Waals surface area contributed by atoms with Crippen molar-refractivity contribution in [1.82, 2.24) is 9.55 Å². The van der Waals surface area contributed by atoms with Crippen LogP contribution in [0.15, 0.2) is 97.2 Å². The van der Waals surface area contributed by atoms with Crippen LogP contribution in [0.25, 0.3) is 27.6 Å². The molecule has 6 aromatic rings. The number of para-hydroxylation sites is 3. The molecule has 0 amide bonds. The molecule has 0 saturated carbocycles. The van der Waals surface area contributed by atoms with Crippen LogP contribution in [-0.4, -0.2) is 30.3 Å². The van der Waals surface area contributed by atoms with Crippen LogP contribution in [0.2, 0.25) is 13.1 Å². The van der Waals surface area contributed by atoms with Gasteiger partial charge in [-0.2, -0.15) is 46.8 Å². The minimum Gasteiger partial charge on any atom is -0.349 e. The molecular weight excluding hydrogens is 712 g/mol. The zero-order valence-electron chi connectivity index (χ0n) is 27.1. The second-order valence-electron chi connectivity index (χ2n) is 11.6. The number of benzene rings is 4. The van der Waals surface area contributed by atoms with E-state index in [1.165, 1.54) is 16.6 Å². The monoisotopic (exact) mass is 748 g/mol. The third-order valence-electron chi connectivity index (χ3n) is 8.37. The standard InChI is InChI=1S/C36H34N4Si.Pt/c1-25(2)38-24-39(34-16-9-8-15-33(34)38)27-11-10-12-28(22-27)41(4,5)29-17-18-31-30-13-6-7-14-32(30)40(35(31)23-29)36-21-26(3)19-20-37-36;/h6-21,25H,24H2,1-5H3;/q-2;+2/i3D3;. The van der Waals surface area contributed by atoms with Crippen LogP contribution in [0, 0.1) is 19.0 Å². The van der Waals surface area contributed by atoms with Crippen LogP contribution in [0.3, 0.4) is 0 Å². The zero-order chi connectivity index (χ0) is 30.8. The fourth-order valence-corrected chi connectivity index (χ4v) is 8.22. The number of rotatable bonds is 5. The number of fused-ring (bicyclic) bond motifs is 4. The van der Waals surface area contributed by atoms with Crippen molar-refractivity contribution in [2.45, 2.75) is 39.8 Å². The molecule has 6 heteroatoms. The van der Waals surface area contributed by atoms with Crippen molar-refractivity contribution < 1.29 is 25.2 Å². The molecule has 1 aliphatic heterocycles. The summed E-state index contributed by atoms with van der Waals surface area (Å²) < 4.78 is 26.0. The maximum atomic E-state index is 7.97. The van der Waals surface area contributed by atoms with E-state index in [4.69, 9.17) is 4.11 Å². The van der Waals surface area contributed by atoms with Crippen molar-refractivity contribution in [2.24, 2.45) is 0 Å². The normalized spacial score (nSPS) is 14.5. The van der Waals surface area contributed by atoms with Crippen molar-refractivity contribution in [1.29, 1.82) is 0 Å². The molecule has 3 heterocycles. The molecule has 2 aromatic heterocycles. The SMILES string of the molecule is [2H]C([2H])([2H])c1ccnc(-n2c3[c-]c([Si](C)(C)c4[c-]c(N5CN(C(C)C)c6ccccc65)ccc4)ccc3c3ccccc32)c1.[Pt+2]. The fourth-order valence-electron chi connectivity index (χ4n) is 6.05. The van der Waals surface area contributed by atoms with Crippen molar-refractivity contribution in [2.75, 3.05) is 16.5 Å². The van der Waals surface area contributed by atoms with Gasteiger partial charge in [0.1, 0.15) is 5.82 Å². The van der Waals surface area contributed by atoms with E-state index in [9.17, 15) is 0 Å². The molecule has 0 bridgehead atoms. The number of hydrogen-bond donors (Lipinski definition) is 0. The van der Waals surface area contributed by atoms with Crippen LogP contribution in [-0.2, 0) is 21.1 Å². The van der Waals surface area contributed by atoms with Gasteiger partial charge < -0.3 is 14.4 Å². The zero-order valence-corrected chi connectivity index (χ0v) is 27.4. The van der Waals surface area contributed by atoms with Gasteiger partial charge in [-0.05, 0) is 62.0 Å². The van der Waals surface area contributed by atoms with Gasteiger partial charge in [-0.25, -0.2) is 4.98 Å². The van der Waals surface area contributed by atoms with Gasteiger partial charge in [-0.3, -0.25) is 0 Å². The summed E-state index contributed by atoms with van der Waals surface area (Å²) in [7, 11) is -2.27. The minimum atomic E-state index is -2.27. The summed E-state index contributed by atoms with van der Waals surface area (Å²) in [5, 5.41) is 4.51. The predicted molar refractivity (Wildman–Crippen MR) is 175 cm³/mol. The number of nitrogens with zero attached hydrogens (tertiary/aromatic N) is 4. The maximum absolute atomic E-state index is 7.97. The number of hydrogen-bond acceptors (Lipinski definition) is 3. The van der Waals surface area contributed by atoms with Gasteiger partial charge in [0, 0.05) is 21.9 Å². The van der Waals surface area contributed by atoms with Crippen molar-refractivity contribution >= 4 is 57.3 Å². The fraction of sp³-hybridized carbons (Fsp3) is 0.194. The van der Waals surface area contributed by atoms with Gasteiger partial charge in [0.25, 0.3) is 0 Å². The van der Waals surface area contributed by atoms with Gasteiger partial charge in [0.05, 0.1) is 26.1 Å². The Kier molecular flexibility index (Phi) is 6.44. The minimum absolute atomic E-state index is 0. The quantitative estimate of drug-likeness (QED) is 0.138. The van der Waals surface area contributed by atoms with Crippen LogP contribution in [0.5, 0.6) is 0 Å². The molecule has 0 N–H and O–H groups in total. The largest absolute Gasteiger partial charge is 2.00 e. The van der Waals surface area contributed by atoms with Crippen LogP contribution in [0.4, 0.5) is 17.1 Å². The second-order valence-corrected chi connectivity index (χ2v) is 15.9. The third-order valence-corrected chi connectivity index (χ3v) is 11.7. The Morgan fingerprint density at radius 1 is 0.833 bits per heavy atom. The summed E-state index contributed by atoms with van der Waals surface area (Å²) >= 11 is 0.